The zero-order valence-electron chi connectivity index (χ0n) is 18.6. The fourth-order valence-electron chi connectivity index (χ4n) is 2.82. The summed E-state index contributed by atoms with van der Waals surface area (Å²) in [4.78, 5) is 23.1. The summed E-state index contributed by atoms with van der Waals surface area (Å²) in [5, 5.41) is 0. The van der Waals surface area contributed by atoms with Gasteiger partial charge in [0.05, 0.1) is 13.2 Å². The first-order valence-electron chi connectivity index (χ1n) is 11.1. The third kappa shape index (κ3) is 19.5. The van der Waals surface area contributed by atoms with Crippen molar-refractivity contribution in [3.63, 3.8) is 0 Å². The average Bonchev–Trinajstić information content (AvgIpc) is 2.61. The summed E-state index contributed by atoms with van der Waals surface area (Å²) >= 11 is 0. The Morgan fingerprint density at radius 1 is 0.593 bits per heavy atom. The molecule has 27 heavy (non-hydrogen) atoms. The fraction of sp³-hybridized carbons (Fsp3) is 0.913. The molecule has 0 radical (unpaired) electrons. The van der Waals surface area contributed by atoms with Crippen molar-refractivity contribution in [2.24, 2.45) is 17.8 Å². The van der Waals surface area contributed by atoms with Gasteiger partial charge in [0.1, 0.15) is 0 Å². The highest BCUT2D eigenvalue weighted by molar-refractivity contribution is 5.69. The van der Waals surface area contributed by atoms with Gasteiger partial charge in [-0.3, -0.25) is 9.59 Å². The molecule has 1 unspecified atom stereocenters. The number of unbranched alkanes of at least 4 members (excludes halogenated alkanes) is 6. The number of carbonyl (C=O) groups is 2. The number of hydrogen-bond acceptors (Lipinski definition) is 4. The highest BCUT2D eigenvalue weighted by Crippen LogP contribution is 2.17. The van der Waals surface area contributed by atoms with Gasteiger partial charge in [0.25, 0.3) is 0 Å². The first-order chi connectivity index (χ1) is 12.8. The molecule has 0 N–H and O–H groups in total. The lowest BCUT2D eigenvalue weighted by molar-refractivity contribution is -0.145. The van der Waals surface area contributed by atoms with Crippen LogP contribution in [-0.4, -0.2) is 25.2 Å². The molecule has 0 bridgehead atoms. The molecule has 0 rings (SSSR count). The Kier molecular flexibility index (Phi) is 16.4. The summed E-state index contributed by atoms with van der Waals surface area (Å²) < 4.78 is 10.4. The van der Waals surface area contributed by atoms with E-state index in [0.717, 1.165) is 19.3 Å². The molecule has 0 saturated carbocycles. The number of hydrogen-bond donors (Lipinski definition) is 0. The number of esters is 2. The second-order valence-corrected chi connectivity index (χ2v) is 8.81. The first kappa shape index (κ1) is 25.9. The van der Waals surface area contributed by atoms with Crippen LogP contribution in [0.3, 0.4) is 0 Å². The SMILES string of the molecule is CC(C)COC(=O)CCCCCCCCCC(C)CCC(=O)OCC(C)C. The summed E-state index contributed by atoms with van der Waals surface area (Å²) in [7, 11) is 0. The van der Waals surface area contributed by atoms with Gasteiger partial charge >= 0.3 is 11.9 Å². The molecule has 0 aliphatic heterocycles. The third-order valence-corrected chi connectivity index (χ3v) is 4.57. The number of ether oxygens (including phenoxy) is 2. The van der Waals surface area contributed by atoms with Crippen LogP contribution < -0.4 is 0 Å². The van der Waals surface area contributed by atoms with E-state index in [0.29, 0.717) is 43.8 Å². The summed E-state index contributed by atoms with van der Waals surface area (Å²) in [6, 6.07) is 0. The van der Waals surface area contributed by atoms with E-state index in [1.807, 2.05) is 0 Å². The lowest BCUT2D eigenvalue weighted by atomic mass is 9.97. The van der Waals surface area contributed by atoms with Crippen molar-refractivity contribution in [3.05, 3.63) is 0 Å². The van der Waals surface area contributed by atoms with E-state index in [1.165, 1.54) is 38.5 Å². The molecule has 4 nitrogen and oxygen atoms in total. The van der Waals surface area contributed by atoms with E-state index in [-0.39, 0.29) is 11.9 Å². The van der Waals surface area contributed by atoms with Gasteiger partial charge in [0.15, 0.2) is 0 Å². The number of rotatable bonds is 17. The standard InChI is InChI=1S/C23H44O4/c1-19(2)17-26-22(24)14-12-10-8-6-7-9-11-13-21(5)15-16-23(25)27-18-20(3)4/h19-21H,6-18H2,1-5H3. The summed E-state index contributed by atoms with van der Waals surface area (Å²) in [5.74, 6) is 1.31. The molecule has 160 valence electrons. The molecule has 0 aromatic carbocycles. The van der Waals surface area contributed by atoms with Crippen molar-refractivity contribution in [3.8, 4) is 0 Å². The van der Waals surface area contributed by atoms with Crippen LogP contribution >= 0.6 is 0 Å². The van der Waals surface area contributed by atoms with Gasteiger partial charge in [-0.25, -0.2) is 0 Å². The first-order valence-corrected chi connectivity index (χ1v) is 11.1. The van der Waals surface area contributed by atoms with Crippen LogP contribution in [0.2, 0.25) is 0 Å². The Morgan fingerprint density at radius 2 is 1.04 bits per heavy atom. The Hall–Kier alpha value is -1.06. The fourth-order valence-corrected chi connectivity index (χ4v) is 2.82. The van der Waals surface area contributed by atoms with Crippen LogP contribution in [0.25, 0.3) is 0 Å². The van der Waals surface area contributed by atoms with Gasteiger partial charge in [-0.05, 0) is 30.6 Å². The van der Waals surface area contributed by atoms with E-state index in [9.17, 15) is 9.59 Å². The Balaban J connectivity index is 3.38. The maximum Gasteiger partial charge on any atom is 0.305 e. The minimum Gasteiger partial charge on any atom is -0.465 e. The molecule has 0 aromatic rings. The molecule has 0 aliphatic carbocycles. The van der Waals surface area contributed by atoms with Gasteiger partial charge < -0.3 is 9.47 Å². The van der Waals surface area contributed by atoms with Crippen molar-refractivity contribution >= 4 is 11.9 Å². The molecular weight excluding hydrogens is 340 g/mol. The minimum absolute atomic E-state index is 0.0502. The lowest BCUT2D eigenvalue weighted by Crippen LogP contribution is -2.11. The highest BCUT2D eigenvalue weighted by Gasteiger charge is 2.09. The van der Waals surface area contributed by atoms with Crippen LogP contribution in [-0.2, 0) is 19.1 Å². The Labute approximate surface area is 167 Å². The van der Waals surface area contributed by atoms with Gasteiger partial charge in [0, 0.05) is 12.8 Å². The predicted octanol–water partition coefficient (Wildman–Crippen LogP) is 6.31. The Bertz CT molecular complexity index is 377. The Morgan fingerprint density at radius 3 is 1.56 bits per heavy atom. The van der Waals surface area contributed by atoms with E-state index in [1.54, 1.807) is 0 Å². The molecule has 0 amide bonds. The molecule has 0 heterocycles. The van der Waals surface area contributed by atoms with E-state index in [2.05, 4.69) is 34.6 Å². The topological polar surface area (TPSA) is 52.6 Å². The molecule has 0 saturated heterocycles. The molecule has 0 aromatic heterocycles. The van der Waals surface area contributed by atoms with Gasteiger partial charge in [-0.15, -0.1) is 0 Å². The molecular formula is C23H44O4. The molecule has 1 atom stereocenters. The smallest absolute Gasteiger partial charge is 0.305 e. The van der Waals surface area contributed by atoms with E-state index in [4.69, 9.17) is 9.47 Å². The normalized spacial score (nSPS) is 12.4. The van der Waals surface area contributed by atoms with Crippen molar-refractivity contribution in [2.45, 2.75) is 105 Å². The second kappa shape index (κ2) is 17.1. The van der Waals surface area contributed by atoms with Crippen LogP contribution in [0.1, 0.15) is 105 Å². The van der Waals surface area contributed by atoms with Crippen molar-refractivity contribution < 1.29 is 19.1 Å². The predicted molar refractivity (Wildman–Crippen MR) is 112 cm³/mol. The zero-order valence-corrected chi connectivity index (χ0v) is 18.6. The molecule has 0 fully saturated rings. The van der Waals surface area contributed by atoms with Crippen molar-refractivity contribution in [2.75, 3.05) is 13.2 Å². The van der Waals surface area contributed by atoms with Gasteiger partial charge in [-0.2, -0.15) is 0 Å². The zero-order chi connectivity index (χ0) is 20.5. The van der Waals surface area contributed by atoms with Crippen LogP contribution in [0, 0.1) is 17.8 Å². The lowest BCUT2D eigenvalue weighted by Gasteiger charge is -2.11. The summed E-state index contributed by atoms with van der Waals surface area (Å²) in [6.07, 6.45) is 11.5. The molecule has 0 spiro atoms. The molecule has 4 heteroatoms. The average molecular weight is 385 g/mol. The van der Waals surface area contributed by atoms with E-state index < -0.39 is 0 Å². The monoisotopic (exact) mass is 384 g/mol. The number of carbonyl (C=O) groups excluding carboxylic acids is 2. The largest absolute Gasteiger partial charge is 0.465 e. The van der Waals surface area contributed by atoms with Crippen molar-refractivity contribution in [1.82, 2.24) is 0 Å². The maximum absolute atomic E-state index is 11.6. The van der Waals surface area contributed by atoms with Crippen LogP contribution in [0.4, 0.5) is 0 Å². The van der Waals surface area contributed by atoms with Gasteiger partial charge in [-0.1, -0.05) is 79.6 Å². The maximum atomic E-state index is 11.6. The minimum atomic E-state index is -0.0522. The molecule has 0 aliphatic rings. The third-order valence-electron chi connectivity index (χ3n) is 4.57. The van der Waals surface area contributed by atoms with Crippen molar-refractivity contribution in [1.29, 1.82) is 0 Å². The van der Waals surface area contributed by atoms with E-state index >= 15 is 0 Å². The van der Waals surface area contributed by atoms with Crippen LogP contribution in [0.15, 0.2) is 0 Å². The second-order valence-electron chi connectivity index (χ2n) is 8.81. The summed E-state index contributed by atoms with van der Waals surface area (Å²) in [5.41, 5.74) is 0. The quantitative estimate of drug-likeness (QED) is 0.218. The van der Waals surface area contributed by atoms with Crippen LogP contribution in [0.5, 0.6) is 0 Å². The highest BCUT2D eigenvalue weighted by atomic mass is 16.5. The summed E-state index contributed by atoms with van der Waals surface area (Å²) in [6.45, 7) is 11.5. The van der Waals surface area contributed by atoms with Gasteiger partial charge in [0.2, 0.25) is 0 Å².